The van der Waals surface area contributed by atoms with Crippen molar-refractivity contribution in [2.75, 3.05) is 11.1 Å². The number of aromatic nitrogens is 1. The maximum absolute atomic E-state index is 10.8. The van der Waals surface area contributed by atoms with Gasteiger partial charge in [-0.25, -0.2) is 4.98 Å². The molecule has 1 atom stereocenters. The van der Waals surface area contributed by atoms with Crippen LogP contribution in [-0.4, -0.2) is 15.9 Å². The highest BCUT2D eigenvalue weighted by Gasteiger charge is 2.16. The van der Waals surface area contributed by atoms with Gasteiger partial charge >= 0.3 is 5.69 Å². The third-order valence-electron chi connectivity index (χ3n) is 2.20. The molecule has 0 spiro atoms. The van der Waals surface area contributed by atoms with Gasteiger partial charge in [-0.1, -0.05) is 13.3 Å². The molecule has 1 aromatic rings. The predicted octanol–water partition coefficient (Wildman–Crippen LogP) is 2.17. The van der Waals surface area contributed by atoms with E-state index in [2.05, 4.69) is 17.2 Å². The van der Waals surface area contributed by atoms with E-state index in [1.165, 1.54) is 12.1 Å². The SMILES string of the molecule is CCCC(C)Nc1nc(N)ccc1[N+](=O)[O-]. The van der Waals surface area contributed by atoms with E-state index >= 15 is 0 Å². The summed E-state index contributed by atoms with van der Waals surface area (Å²) in [5, 5.41) is 13.8. The van der Waals surface area contributed by atoms with E-state index in [4.69, 9.17) is 5.73 Å². The second-order valence-electron chi connectivity index (χ2n) is 3.70. The van der Waals surface area contributed by atoms with Gasteiger partial charge in [0.2, 0.25) is 5.82 Å². The molecule has 1 aromatic heterocycles. The zero-order valence-electron chi connectivity index (χ0n) is 9.43. The van der Waals surface area contributed by atoms with Gasteiger partial charge in [-0.05, 0) is 19.4 Å². The Bertz CT molecular complexity index is 381. The van der Waals surface area contributed by atoms with Crippen molar-refractivity contribution in [3.8, 4) is 0 Å². The number of nitro groups is 1. The van der Waals surface area contributed by atoms with Gasteiger partial charge in [0.15, 0.2) is 0 Å². The highest BCUT2D eigenvalue weighted by molar-refractivity contribution is 5.59. The fourth-order valence-electron chi connectivity index (χ4n) is 1.46. The molecule has 1 unspecified atom stereocenters. The minimum Gasteiger partial charge on any atom is -0.384 e. The van der Waals surface area contributed by atoms with Crippen LogP contribution in [0.25, 0.3) is 0 Å². The number of pyridine rings is 1. The molecule has 88 valence electrons. The summed E-state index contributed by atoms with van der Waals surface area (Å²) < 4.78 is 0. The van der Waals surface area contributed by atoms with Crippen LogP contribution in [-0.2, 0) is 0 Å². The van der Waals surface area contributed by atoms with Crippen molar-refractivity contribution < 1.29 is 4.92 Å². The molecule has 1 heterocycles. The molecule has 0 fully saturated rings. The van der Waals surface area contributed by atoms with Crippen molar-refractivity contribution in [1.29, 1.82) is 0 Å². The lowest BCUT2D eigenvalue weighted by Gasteiger charge is -2.13. The summed E-state index contributed by atoms with van der Waals surface area (Å²) in [5.74, 6) is 0.516. The minimum absolute atomic E-state index is 0.0443. The largest absolute Gasteiger partial charge is 0.384 e. The van der Waals surface area contributed by atoms with Crippen LogP contribution < -0.4 is 11.1 Å². The van der Waals surface area contributed by atoms with Gasteiger partial charge < -0.3 is 11.1 Å². The summed E-state index contributed by atoms with van der Waals surface area (Å²) in [4.78, 5) is 14.2. The molecule has 6 heteroatoms. The molecule has 3 N–H and O–H groups in total. The maximum atomic E-state index is 10.8. The Labute approximate surface area is 94.0 Å². The van der Waals surface area contributed by atoms with Gasteiger partial charge in [0.05, 0.1) is 4.92 Å². The van der Waals surface area contributed by atoms with Crippen molar-refractivity contribution in [3.05, 3.63) is 22.2 Å². The Balaban J connectivity index is 2.92. The number of nitrogens with zero attached hydrogens (tertiary/aromatic N) is 2. The van der Waals surface area contributed by atoms with Gasteiger partial charge in [-0.15, -0.1) is 0 Å². The molecule has 6 nitrogen and oxygen atoms in total. The van der Waals surface area contributed by atoms with E-state index in [0.717, 1.165) is 12.8 Å². The summed E-state index contributed by atoms with van der Waals surface area (Å²) in [5.41, 5.74) is 5.46. The third kappa shape index (κ3) is 3.08. The summed E-state index contributed by atoms with van der Waals surface area (Å²) in [6, 6.07) is 2.93. The smallest absolute Gasteiger partial charge is 0.311 e. The molecule has 0 amide bonds. The van der Waals surface area contributed by atoms with E-state index in [-0.39, 0.29) is 23.4 Å². The summed E-state index contributed by atoms with van der Waals surface area (Å²) >= 11 is 0. The van der Waals surface area contributed by atoms with E-state index in [9.17, 15) is 10.1 Å². The average Bonchev–Trinajstić information content (AvgIpc) is 2.17. The normalized spacial score (nSPS) is 12.1. The molecule has 0 aromatic carbocycles. The fraction of sp³-hybridized carbons (Fsp3) is 0.500. The van der Waals surface area contributed by atoms with Crippen molar-refractivity contribution in [2.24, 2.45) is 0 Å². The molecule has 0 aliphatic heterocycles. The Morgan fingerprint density at radius 1 is 1.62 bits per heavy atom. The van der Waals surface area contributed by atoms with E-state index in [1.807, 2.05) is 6.92 Å². The first kappa shape index (κ1) is 12.2. The van der Waals surface area contributed by atoms with E-state index < -0.39 is 4.92 Å². The molecule has 1 rings (SSSR count). The van der Waals surface area contributed by atoms with Crippen LogP contribution in [0.2, 0.25) is 0 Å². The Morgan fingerprint density at radius 2 is 2.31 bits per heavy atom. The van der Waals surface area contributed by atoms with Crippen LogP contribution in [0, 0.1) is 10.1 Å². The lowest BCUT2D eigenvalue weighted by molar-refractivity contribution is -0.384. The van der Waals surface area contributed by atoms with E-state index in [0.29, 0.717) is 0 Å². The number of hydrogen-bond donors (Lipinski definition) is 2. The lowest BCUT2D eigenvalue weighted by Crippen LogP contribution is -2.17. The van der Waals surface area contributed by atoms with Crippen molar-refractivity contribution in [2.45, 2.75) is 32.7 Å². The summed E-state index contributed by atoms with van der Waals surface area (Å²) in [7, 11) is 0. The molecule has 0 radical (unpaired) electrons. The Morgan fingerprint density at radius 3 is 2.88 bits per heavy atom. The molecule has 0 saturated carbocycles. The average molecular weight is 224 g/mol. The first-order valence-corrected chi connectivity index (χ1v) is 5.22. The van der Waals surface area contributed by atoms with Crippen molar-refractivity contribution >= 4 is 17.3 Å². The van der Waals surface area contributed by atoms with Crippen LogP contribution in [0.5, 0.6) is 0 Å². The maximum Gasteiger partial charge on any atom is 0.311 e. The van der Waals surface area contributed by atoms with Gasteiger partial charge in [0.25, 0.3) is 0 Å². The van der Waals surface area contributed by atoms with Crippen molar-refractivity contribution in [3.63, 3.8) is 0 Å². The molecular formula is C10H16N4O2. The Hall–Kier alpha value is -1.85. The van der Waals surface area contributed by atoms with Gasteiger partial charge in [0.1, 0.15) is 5.82 Å². The molecule has 0 aliphatic rings. The molecule has 0 aliphatic carbocycles. The third-order valence-corrected chi connectivity index (χ3v) is 2.20. The van der Waals surface area contributed by atoms with Crippen LogP contribution in [0.15, 0.2) is 12.1 Å². The highest BCUT2D eigenvalue weighted by Crippen LogP contribution is 2.23. The van der Waals surface area contributed by atoms with Gasteiger partial charge in [-0.3, -0.25) is 10.1 Å². The number of nitrogen functional groups attached to an aromatic ring is 1. The quantitative estimate of drug-likeness (QED) is 0.590. The summed E-state index contributed by atoms with van der Waals surface area (Å²) in [6.45, 7) is 4.01. The standard InChI is InChI=1S/C10H16N4O2/c1-3-4-7(2)12-10-8(14(15)16)5-6-9(11)13-10/h5-7H,3-4H2,1-2H3,(H3,11,12,13). The fourth-order valence-corrected chi connectivity index (χ4v) is 1.46. The monoisotopic (exact) mass is 224 g/mol. The molecule has 0 bridgehead atoms. The number of nitrogens with one attached hydrogen (secondary N) is 1. The van der Waals surface area contributed by atoms with Gasteiger partial charge in [0, 0.05) is 12.1 Å². The molecule has 16 heavy (non-hydrogen) atoms. The topological polar surface area (TPSA) is 94.1 Å². The Kier molecular flexibility index (Phi) is 4.04. The number of nitrogens with two attached hydrogens (primary N) is 1. The summed E-state index contributed by atoms with van der Waals surface area (Å²) in [6.07, 6.45) is 1.93. The minimum atomic E-state index is -0.465. The molecule has 0 saturated heterocycles. The predicted molar refractivity (Wildman–Crippen MR) is 63.3 cm³/mol. The first-order valence-electron chi connectivity index (χ1n) is 5.22. The zero-order valence-corrected chi connectivity index (χ0v) is 9.43. The number of anilines is 2. The highest BCUT2D eigenvalue weighted by atomic mass is 16.6. The van der Waals surface area contributed by atoms with E-state index in [1.54, 1.807) is 0 Å². The second-order valence-corrected chi connectivity index (χ2v) is 3.70. The van der Waals surface area contributed by atoms with Crippen LogP contribution in [0.4, 0.5) is 17.3 Å². The van der Waals surface area contributed by atoms with Crippen LogP contribution in [0.3, 0.4) is 0 Å². The number of rotatable bonds is 5. The number of hydrogen-bond acceptors (Lipinski definition) is 5. The first-order chi connectivity index (χ1) is 7.54. The van der Waals surface area contributed by atoms with Crippen LogP contribution in [0.1, 0.15) is 26.7 Å². The molecular weight excluding hydrogens is 208 g/mol. The zero-order chi connectivity index (χ0) is 12.1. The lowest BCUT2D eigenvalue weighted by atomic mass is 10.2. The van der Waals surface area contributed by atoms with Crippen molar-refractivity contribution in [1.82, 2.24) is 4.98 Å². The second kappa shape index (κ2) is 5.29. The van der Waals surface area contributed by atoms with Gasteiger partial charge in [-0.2, -0.15) is 0 Å². The van der Waals surface area contributed by atoms with Crippen LogP contribution >= 0.6 is 0 Å².